The molecular weight excluding hydrogens is 256 g/mol. The Hall–Kier alpha value is -1.49. The number of anilines is 1. The highest BCUT2D eigenvalue weighted by Gasteiger charge is 2.06. The topological polar surface area (TPSA) is 50.7 Å². The summed E-state index contributed by atoms with van der Waals surface area (Å²) in [5.41, 5.74) is 1.05. The molecule has 0 aliphatic rings. The zero-order valence-electron chi connectivity index (χ0n) is 11.5. The van der Waals surface area contributed by atoms with Crippen LogP contribution >= 0.6 is 11.3 Å². The Morgan fingerprint density at radius 1 is 1.21 bits per heavy atom. The second-order valence-electron chi connectivity index (χ2n) is 4.44. The van der Waals surface area contributed by atoms with Crippen molar-refractivity contribution in [2.75, 3.05) is 11.9 Å². The smallest absolute Gasteiger partial charge is 0.131 e. The van der Waals surface area contributed by atoms with Crippen molar-refractivity contribution in [3.05, 3.63) is 34.2 Å². The van der Waals surface area contributed by atoms with Gasteiger partial charge in [-0.25, -0.2) is 15.0 Å². The average molecular weight is 276 g/mol. The highest BCUT2D eigenvalue weighted by atomic mass is 32.1. The van der Waals surface area contributed by atoms with Crippen LogP contribution in [0.25, 0.3) is 0 Å². The lowest BCUT2D eigenvalue weighted by molar-refractivity contribution is 0.814. The summed E-state index contributed by atoms with van der Waals surface area (Å²) in [6.45, 7) is 5.24. The summed E-state index contributed by atoms with van der Waals surface area (Å²) in [7, 11) is 0. The number of rotatable bonds is 7. The van der Waals surface area contributed by atoms with Gasteiger partial charge in [-0.15, -0.1) is 11.3 Å². The molecule has 102 valence electrons. The fourth-order valence-electron chi connectivity index (χ4n) is 1.82. The van der Waals surface area contributed by atoms with E-state index in [2.05, 4.69) is 34.1 Å². The Bertz CT molecular complexity index is 496. The summed E-state index contributed by atoms with van der Waals surface area (Å²) in [6.07, 6.45) is 5.71. The van der Waals surface area contributed by atoms with E-state index >= 15 is 0 Å². The molecule has 4 nitrogen and oxygen atoms in total. The van der Waals surface area contributed by atoms with Gasteiger partial charge in [-0.1, -0.05) is 13.8 Å². The minimum atomic E-state index is 0.789. The Morgan fingerprint density at radius 3 is 2.79 bits per heavy atom. The maximum absolute atomic E-state index is 4.62. The van der Waals surface area contributed by atoms with E-state index in [4.69, 9.17) is 0 Å². The molecule has 0 aromatic carbocycles. The van der Waals surface area contributed by atoms with Crippen LogP contribution in [0, 0.1) is 0 Å². The number of hydrogen-bond acceptors (Lipinski definition) is 5. The van der Waals surface area contributed by atoms with Crippen molar-refractivity contribution in [1.29, 1.82) is 0 Å². The van der Waals surface area contributed by atoms with Crippen molar-refractivity contribution >= 4 is 17.2 Å². The van der Waals surface area contributed by atoms with Gasteiger partial charge in [-0.05, 0) is 12.8 Å². The standard InChI is InChI=1S/C14H20N4S/c1-3-5-12-17-11(10-14-16-7-8-19-14)9-13(18-12)15-6-4-2/h7-9H,3-6,10H2,1-2H3,(H,15,17,18). The zero-order valence-corrected chi connectivity index (χ0v) is 12.3. The predicted octanol–water partition coefficient (Wildman–Crippen LogP) is 3.30. The van der Waals surface area contributed by atoms with Crippen molar-refractivity contribution < 1.29 is 0 Å². The maximum Gasteiger partial charge on any atom is 0.131 e. The van der Waals surface area contributed by atoms with Gasteiger partial charge in [-0.2, -0.15) is 0 Å². The molecule has 1 N–H and O–H groups in total. The summed E-state index contributed by atoms with van der Waals surface area (Å²) < 4.78 is 0. The number of aryl methyl sites for hydroxylation is 1. The molecule has 2 aromatic heterocycles. The second-order valence-corrected chi connectivity index (χ2v) is 5.42. The van der Waals surface area contributed by atoms with Crippen LogP contribution in [0.5, 0.6) is 0 Å². The Kier molecular flexibility index (Phi) is 5.27. The van der Waals surface area contributed by atoms with E-state index in [0.29, 0.717) is 0 Å². The normalized spacial score (nSPS) is 10.6. The SMILES string of the molecule is CCCNc1cc(Cc2nccs2)nc(CCC)n1. The number of thiazole rings is 1. The molecule has 2 rings (SSSR count). The van der Waals surface area contributed by atoms with Crippen LogP contribution in [0.15, 0.2) is 17.6 Å². The molecule has 0 saturated heterocycles. The number of hydrogen-bond donors (Lipinski definition) is 1. The molecule has 0 atom stereocenters. The first-order valence-electron chi connectivity index (χ1n) is 6.81. The molecule has 5 heteroatoms. The summed E-state index contributed by atoms with van der Waals surface area (Å²) in [4.78, 5) is 13.5. The molecule has 0 amide bonds. The van der Waals surface area contributed by atoms with Gasteiger partial charge in [0.25, 0.3) is 0 Å². The number of aromatic nitrogens is 3. The summed E-state index contributed by atoms with van der Waals surface area (Å²) in [6, 6.07) is 2.04. The van der Waals surface area contributed by atoms with Crippen LogP contribution in [0.2, 0.25) is 0 Å². The van der Waals surface area contributed by atoms with Gasteiger partial charge in [-0.3, -0.25) is 0 Å². The van der Waals surface area contributed by atoms with Crippen LogP contribution in [0.3, 0.4) is 0 Å². The third-order valence-electron chi connectivity index (χ3n) is 2.67. The fourth-order valence-corrected chi connectivity index (χ4v) is 2.45. The largest absolute Gasteiger partial charge is 0.370 e. The molecule has 0 spiro atoms. The molecular formula is C14H20N4S. The van der Waals surface area contributed by atoms with E-state index in [1.807, 2.05) is 17.6 Å². The lowest BCUT2D eigenvalue weighted by atomic mass is 10.2. The molecule has 0 radical (unpaired) electrons. The Balaban J connectivity index is 2.17. The third kappa shape index (κ3) is 4.28. The molecule has 0 unspecified atom stereocenters. The number of nitrogens with zero attached hydrogens (tertiary/aromatic N) is 3. The van der Waals surface area contributed by atoms with Crippen molar-refractivity contribution in [3.8, 4) is 0 Å². The molecule has 2 aromatic rings. The average Bonchev–Trinajstić information content (AvgIpc) is 2.89. The van der Waals surface area contributed by atoms with Crippen molar-refractivity contribution in [2.24, 2.45) is 0 Å². The second kappa shape index (κ2) is 7.19. The lowest BCUT2D eigenvalue weighted by Crippen LogP contribution is -2.07. The molecule has 0 aliphatic heterocycles. The van der Waals surface area contributed by atoms with E-state index in [9.17, 15) is 0 Å². The lowest BCUT2D eigenvalue weighted by Gasteiger charge is -2.08. The molecule has 0 fully saturated rings. The van der Waals surface area contributed by atoms with Gasteiger partial charge in [0.1, 0.15) is 11.6 Å². The first kappa shape index (κ1) is 13.9. The third-order valence-corrected chi connectivity index (χ3v) is 3.45. The Morgan fingerprint density at radius 2 is 2.11 bits per heavy atom. The Labute approximate surface area is 118 Å². The van der Waals surface area contributed by atoms with E-state index in [1.54, 1.807) is 11.3 Å². The van der Waals surface area contributed by atoms with Crippen LogP contribution in [-0.2, 0) is 12.8 Å². The van der Waals surface area contributed by atoms with E-state index in [-0.39, 0.29) is 0 Å². The monoisotopic (exact) mass is 276 g/mol. The molecule has 0 saturated carbocycles. The minimum absolute atomic E-state index is 0.789. The number of nitrogens with one attached hydrogen (secondary N) is 1. The van der Waals surface area contributed by atoms with Crippen LogP contribution < -0.4 is 5.32 Å². The zero-order chi connectivity index (χ0) is 13.5. The van der Waals surface area contributed by atoms with Crippen LogP contribution in [0.1, 0.15) is 43.2 Å². The first-order valence-corrected chi connectivity index (χ1v) is 7.68. The van der Waals surface area contributed by atoms with Crippen molar-refractivity contribution in [1.82, 2.24) is 15.0 Å². The maximum atomic E-state index is 4.62. The highest BCUT2D eigenvalue weighted by molar-refractivity contribution is 7.09. The van der Waals surface area contributed by atoms with Gasteiger partial charge in [0.15, 0.2) is 0 Å². The van der Waals surface area contributed by atoms with E-state index in [0.717, 1.165) is 54.6 Å². The van der Waals surface area contributed by atoms with E-state index in [1.165, 1.54) is 0 Å². The summed E-state index contributed by atoms with van der Waals surface area (Å²) in [5.74, 6) is 1.86. The molecule has 0 aliphatic carbocycles. The van der Waals surface area contributed by atoms with Gasteiger partial charge in [0.05, 0.1) is 10.7 Å². The van der Waals surface area contributed by atoms with Gasteiger partial charge in [0.2, 0.25) is 0 Å². The molecule has 19 heavy (non-hydrogen) atoms. The van der Waals surface area contributed by atoms with Crippen LogP contribution in [0.4, 0.5) is 5.82 Å². The quantitative estimate of drug-likeness (QED) is 0.843. The molecule has 2 heterocycles. The van der Waals surface area contributed by atoms with Crippen LogP contribution in [-0.4, -0.2) is 21.5 Å². The highest BCUT2D eigenvalue weighted by Crippen LogP contribution is 2.14. The fraction of sp³-hybridized carbons (Fsp3) is 0.500. The predicted molar refractivity (Wildman–Crippen MR) is 79.7 cm³/mol. The van der Waals surface area contributed by atoms with Crippen molar-refractivity contribution in [2.45, 2.75) is 39.5 Å². The summed E-state index contributed by atoms with van der Waals surface area (Å²) >= 11 is 1.67. The van der Waals surface area contributed by atoms with Gasteiger partial charge < -0.3 is 5.32 Å². The molecule has 0 bridgehead atoms. The van der Waals surface area contributed by atoms with Crippen molar-refractivity contribution in [3.63, 3.8) is 0 Å². The van der Waals surface area contributed by atoms with E-state index < -0.39 is 0 Å². The first-order chi connectivity index (χ1) is 9.31. The van der Waals surface area contributed by atoms with Gasteiger partial charge >= 0.3 is 0 Å². The van der Waals surface area contributed by atoms with Gasteiger partial charge in [0, 0.05) is 37.0 Å². The summed E-state index contributed by atoms with van der Waals surface area (Å²) in [5, 5.41) is 6.44. The minimum Gasteiger partial charge on any atom is -0.370 e.